The van der Waals surface area contributed by atoms with Crippen molar-refractivity contribution in [3.05, 3.63) is 78.0 Å². The van der Waals surface area contributed by atoms with E-state index < -0.39 is 0 Å². The Morgan fingerprint density at radius 3 is 2.45 bits per heavy atom. The molecule has 0 bridgehead atoms. The molecule has 3 aromatic rings. The molecule has 0 N–H and O–H groups in total. The topological polar surface area (TPSA) is 38.8 Å². The third kappa shape index (κ3) is 4.90. The van der Waals surface area contributed by atoms with Gasteiger partial charge in [0.15, 0.2) is 17.3 Å². The molecule has 3 aromatic carbocycles. The van der Waals surface area contributed by atoms with Crippen LogP contribution in [0.1, 0.15) is 50.5 Å². The summed E-state index contributed by atoms with van der Waals surface area (Å²) in [5.41, 5.74) is 3.29. The monoisotopic (exact) mass is 441 g/mol. The zero-order valence-electron chi connectivity index (χ0n) is 19.3. The summed E-state index contributed by atoms with van der Waals surface area (Å²) in [6.07, 6.45) is 9.28. The highest BCUT2D eigenvalue weighted by molar-refractivity contribution is 5.94. The largest absolute Gasteiger partial charge is 0.493 e. The molecule has 5 rings (SSSR count). The number of carbonyl (C=O) groups excluding carboxylic acids is 1. The lowest BCUT2D eigenvalue weighted by Gasteiger charge is -2.28. The molecule has 4 heteroatoms. The summed E-state index contributed by atoms with van der Waals surface area (Å²) >= 11 is 0. The van der Waals surface area contributed by atoms with Crippen molar-refractivity contribution in [2.45, 2.75) is 57.6 Å². The molecule has 0 aliphatic heterocycles. The van der Waals surface area contributed by atoms with E-state index >= 15 is 0 Å². The highest BCUT2D eigenvalue weighted by Gasteiger charge is 2.23. The first-order valence-corrected chi connectivity index (χ1v) is 12.0. The van der Waals surface area contributed by atoms with Gasteiger partial charge in [-0.2, -0.15) is 0 Å². The molecule has 0 heterocycles. The first-order valence-electron chi connectivity index (χ1n) is 12.0. The Labute approximate surface area is 195 Å². The van der Waals surface area contributed by atoms with Crippen LogP contribution in [0.15, 0.2) is 72.4 Å². The molecule has 0 atom stereocenters. The fourth-order valence-corrected chi connectivity index (χ4v) is 4.96. The van der Waals surface area contributed by atoms with Crippen molar-refractivity contribution in [1.29, 1.82) is 0 Å². The summed E-state index contributed by atoms with van der Waals surface area (Å²) < 4.78 is 12.0. The number of ether oxygens (including phenoxy) is 2. The number of hydrogen-bond acceptors (Lipinski definition) is 4. The number of allylic oxidation sites excluding steroid dienone is 2. The molecule has 0 spiro atoms. The van der Waals surface area contributed by atoms with E-state index in [1.807, 2.05) is 6.07 Å². The van der Waals surface area contributed by atoms with Gasteiger partial charge in [-0.3, -0.25) is 4.79 Å². The summed E-state index contributed by atoms with van der Waals surface area (Å²) in [7, 11) is 1.69. The molecule has 0 aromatic heterocycles. The van der Waals surface area contributed by atoms with Gasteiger partial charge >= 0.3 is 0 Å². The number of methoxy groups -OCH3 is 1. The maximum absolute atomic E-state index is 12.1. The van der Waals surface area contributed by atoms with Gasteiger partial charge in [0.05, 0.1) is 13.2 Å². The molecule has 0 unspecified atom stereocenters. The van der Waals surface area contributed by atoms with Gasteiger partial charge in [-0.25, -0.2) is 0 Å². The average molecular weight is 442 g/mol. The summed E-state index contributed by atoms with van der Waals surface area (Å²) in [6.45, 7) is 0.694. The minimum Gasteiger partial charge on any atom is -0.493 e. The van der Waals surface area contributed by atoms with E-state index in [-0.39, 0.29) is 11.9 Å². The van der Waals surface area contributed by atoms with Crippen LogP contribution in [-0.4, -0.2) is 19.0 Å². The highest BCUT2D eigenvalue weighted by atomic mass is 16.5. The molecule has 0 radical (unpaired) electrons. The first-order chi connectivity index (χ1) is 16.2. The summed E-state index contributed by atoms with van der Waals surface area (Å²) in [5, 5.41) is 2.46. The lowest BCUT2D eigenvalue weighted by molar-refractivity contribution is -0.114. The zero-order chi connectivity index (χ0) is 22.6. The lowest BCUT2D eigenvalue weighted by Crippen LogP contribution is -2.22. The Bertz CT molecular complexity index is 1180. The molecule has 170 valence electrons. The van der Waals surface area contributed by atoms with Gasteiger partial charge in [0.1, 0.15) is 0 Å². The summed E-state index contributed by atoms with van der Waals surface area (Å²) in [6, 6.07) is 21.1. The van der Waals surface area contributed by atoms with E-state index in [9.17, 15) is 4.79 Å². The fraction of sp³-hybridized carbons (Fsp3) is 0.345. The lowest BCUT2D eigenvalue weighted by atomic mass is 9.98. The van der Waals surface area contributed by atoms with Crippen LogP contribution < -0.4 is 14.4 Å². The van der Waals surface area contributed by atoms with E-state index in [4.69, 9.17) is 9.47 Å². The Kier molecular flexibility index (Phi) is 6.34. The smallest absolute Gasteiger partial charge is 0.163 e. The Morgan fingerprint density at radius 2 is 1.70 bits per heavy atom. The van der Waals surface area contributed by atoms with Crippen molar-refractivity contribution in [1.82, 2.24) is 0 Å². The van der Waals surface area contributed by atoms with E-state index in [2.05, 4.69) is 59.5 Å². The molecule has 33 heavy (non-hydrogen) atoms. The van der Waals surface area contributed by atoms with Crippen molar-refractivity contribution < 1.29 is 14.3 Å². The number of rotatable bonds is 7. The van der Waals surface area contributed by atoms with E-state index in [1.54, 1.807) is 13.2 Å². The van der Waals surface area contributed by atoms with Crippen LogP contribution in [0.2, 0.25) is 0 Å². The maximum atomic E-state index is 12.1. The van der Waals surface area contributed by atoms with Crippen molar-refractivity contribution in [3.63, 3.8) is 0 Å². The van der Waals surface area contributed by atoms with Crippen LogP contribution in [0.3, 0.4) is 0 Å². The number of nitrogens with zero attached hydrogens (tertiary/aromatic N) is 1. The second kappa shape index (κ2) is 9.70. The van der Waals surface area contributed by atoms with Crippen LogP contribution in [0, 0.1) is 0 Å². The molecule has 0 saturated heterocycles. The number of ketones is 1. The van der Waals surface area contributed by atoms with Crippen molar-refractivity contribution >= 4 is 22.2 Å². The normalized spacial score (nSPS) is 16.6. The van der Waals surface area contributed by atoms with Crippen LogP contribution in [-0.2, 0) is 11.3 Å². The fourth-order valence-electron chi connectivity index (χ4n) is 4.96. The van der Waals surface area contributed by atoms with Gasteiger partial charge in [-0.1, -0.05) is 42.8 Å². The SMILES string of the molecule is COc1ccc(N(Cc2ccc3ccccc3c2)C2=CC(=O)CC2)cc1OC1CCCCC1. The number of carbonyl (C=O) groups is 1. The Hall–Kier alpha value is -3.27. The minimum absolute atomic E-state index is 0.195. The van der Waals surface area contributed by atoms with Gasteiger partial charge in [0.25, 0.3) is 0 Å². The molecule has 1 saturated carbocycles. The number of hydrogen-bond donors (Lipinski definition) is 0. The quantitative estimate of drug-likeness (QED) is 0.404. The van der Waals surface area contributed by atoms with Crippen molar-refractivity contribution in [3.8, 4) is 11.5 Å². The Balaban J connectivity index is 1.48. The van der Waals surface area contributed by atoms with Gasteiger partial charge in [0.2, 0.25) is 0 Å². The van der Waals surface area contributed by atoms with Crippen LogP contribution in [0.25, 0.3) is 10.8 Å². The van der Waals surface area contributed by atoms with E-state index in [0.717, 1.165) is 42.1 Å². The molecular weight excluding hydrogens is 410 g/mol. The molecule has 0 amide bonds. The van der Waals surface area contributed by atoms with E-state index in [1.165, 1.54) is 35.6 Å². The molecule has 1 fully saturated rings. The standard InChI is InChI=1S/C29H31NO3/c1-32-28-16-14-25(19-29(28)33-27-9-3-2-4-10-27)30(24-13-15-26(31)18-24)20-21-11-12-22-7-5-6-8-23(22)17-21/h5-8,11-12,14,16-19,27H,2-4,9-10,13,15,20H2,1H3. The molecule has 4 nitrogen and oxygen atoms in total. The predicted octanol–water partition coefficient (Wildman–Crippen LogP) is 6.81. The van der Waals surface area contributed by atoms with Crippen LogP contribution in [0.4, 0.5) is 5.69 Å². The highest BCUT2D eigenvalue weighted by Crippen LogP contribution is 2.37. The van der Waals surface area contributed by atoms with Gasteiger partial charge < -0.3 is 14.4 Å². The third-order valence-electron chi connectivity index (χ3n) is 6.76. The molecule has 2 aliphatic rings. The number of fused-ring (bicyclic) bond motifs is 1. The molecular formula is C29H31NO3. The maximum Gasteiger partial charge on any atom is 0.163 e. The molecule has 2 aliphatic carbocycles. The van der Waals surface area contributed by atoms with E-state index in [0.29, 0.717) is 13.0 Å². The summed E-state index contributed by atoms with van der Waals surface area (Å²) in [4.78, 5) is 14.4. The second-order valence-electron chi connectivity index (χ2n) is 9.08. The second-order valence-corrected chi connectivity index (χ2v) is 9.08. The number of anilines is 1. The predicted molar refractivity (Wildman–Crippen MR) is 133 cm³/mol. The van der Waals surface area contributed by atoms with Crippen LogP contribution >= 0.6 is 0 Å². The Morgan fingerprint density at radius 1 is 0.879 bits per heavy atom. The third-order valence-corrected chi connectivity index (χ3v) is 6.76. The van der Waals surface area contributed by atoms with Crippen molar-refractivity contribution in [2.24, 2.45) is 0 Å². The van der Waals surface area contributed by atoms with Gasteiger partial charge in [-0.05, 0) is 66.6 Å². The van der Waals surface area contributed by atoms with Crippen LogP contribution in [0.5, 0.6) is 11.5 Å². The average Bonchev–Trinajstić information content (AvgIpc) is 3.29. The first kappa shape index (κ1) is 21.6. The number of benzene rings is 3. The summed E-state index contributed by atoms with van der Waals surface area (Å²) in [5.74, 6) is 1.74. The van der Waals surface area contributed by atoms with Crippen molar-refractivity contribution in [2.75, 3.05) is 12.0 Å². The van der Waals surface area contributed by atoms with Gasteiger partial charge in [-0.15, -0.1) is 0 Å². The van der Waals surface area contributed by atoms with Gasteiger partial charge in [0, 0.05) is 36.5 Å². The zero-order valence-corrected chi connectivity index (χ0v) is 19.3. The minimum atomic E-state index is 0.195.